The van der Waals surface area contributed by atoms with Crippen molar-refractivity contribution in [3.8, 4) is 0 Å². The van der Waals surface area contributed by atoms with Gasteiger partial charge in [0.15, 0.2) is 0 Å². The second-order valence-electron chi connectivity index (χ2n) is 2.82. The van der Waals surface area contributed by atoms with Gasteiger partial charge in [-0.1, -0.05) is 30.3 Å². The molecule has 0 aliphatic heterocycles. The Kier molecular flexibility index (Phi) is 7.10. The molecule has 0 fully saturated rings. The van der Waals surface area contributed by atoms with Gasteiger partial charge in [0.05, 0.1) is 0 Å². The average molecular weight is 214 g/mol. The van der Waals surface area contributed by atoms with Gasteiger partial charge in [-0.15, -0.1) is 0 Å². The number of carbonyl (C=O) groups is 2. The van der Waals surface area contributed by atoms with Gasteiger partial charge in [0.25, 0.3) is 0 Å². The van der Waals surface area contributed by atoms with E-state index in [1.54, 1.807) is 0 Å². The van der Waals surface area contributed by atoms with E-state index < -0.39 is 12.0 Å². The number of rotatable bonds is 2. The van der Waals surface area contributed by atoms with E-state index in [9.17, 15) is 9.59 Å². The number of nitrogens with one attached hydrogen (secondary N) is 1. The van der Waals surface area contributed by atoms with Gasteiger partial charge in [-0.05, 0) is 5.56 Å². The first-order chi connectivity index (χ1) is 7.18. The third-order valence-electron chi connectivity index (χ3n) is 1.51. The van der Waals surface area contributed by atoms with E-state index in [-0.39, 0.29) is 25.5 Å². The summed E-state index contributed by atoms with van der Waals surface area (Å²) >= 11 is 0. The van der Waals surface area contributed by atoms with E-state index in [1.165, 1.54) is 6.92 Å². The Bertz CT molecular complexity index is 343. The Hall–Kier alpha value is -1.44. The number of carbonyl (C=O) groups excluding carboxylic acids is 2. The van der Waals surface area contributed by atoms with Gasteiger partial charge in [-0.3, -0.25) is 9.59 Å². The van der Waals surface area contributed by atoms with Crippen molar-refractivity contribution in [2.75, 3.05) is 0 Å². The molecular weight excluding hydrogens is 203 g/mol. The molecule has 0 aliphatic carbocycles. The summed E-state index contributed by atoms with van der Waals surface area (Å²) in [7, 11) is 0. The molecule has 1 aromatic carbocycles. The maximum Gasteiger partial charge on any atom is 1.00 e. The third kappa shape index (κ3) is 6.12. The molecule has 2 amide bonds. The number of hydrogen-bond donors (Lipinski definition) is 1. The second-order valence-corrected chi connectivity index (χ2v) is 2.82. The van der Waals surface area contributed by atoms with Gasteiger partial charge < -0.3 is 15.6 Å². The van der Waals surface area contributed by atoms with Gasteiger partial charge in [-0.25, -0.2) is 0 Å². The van der Waals surface area contributed by atoms with E-state index in [1.807, 2.05) is 35.8 Å². The van der Waals surface area contributed by atoms with E-state index in [4.69, 9.17) is 4.74 Å². The van der Waals surface area contributed by atoms with Crippen LogP contribution < -0.4 is 24.3 Å². The van der Waals surface area contributed by atoms with Gasteiger partial charge in [0.2, 0.25) is 12.0 Å². The van der Waals surface area contributed by atoms with E-state index in [2.05, 4.69) is 5.43 Å². The van der Waals surface area contributed by atoms with Gasteiger partial charge in [-0.2, -0.15) is 0 Å². The smallest absolute Gasteiger partial charge is 0.528 e. The molecule has 0 bridgehead atoms. The first-order valence-electron chi connectivity index (χ1n) is 4.36. The average Bonchev–Trinajstić information content (AvgIpc) is 2.25. The molecule has 0 aliphatic rings. The Morgan fingerprint density at radius 2 is 1.94 bits per heavy atom. The molecule has 0 radical (unpaired) electrons. The quantitative estimate of drug-likeness (QED) is 0.494. The zero-order valence-corrected chi connectivity index (χ0v) is 9.27. The number of nitrogens with zero attached hydrogens (tertiary/aromatic N) is 1. The summed E-state index contributed by atoms with van der Waals surface area (Å²) in [5.74, 6) is -0.410. The van der Waals surface area contributed by atoms with Gasteiger partial charge in [0.1, 0.15) is 6.61 Å². The number of hydrogen-bond acceptors (Lipinski definition) is 3. The predicted molar refractivity (Wildman–Crippen MR) is 53.8 cm³/mol. The fraction of sp³-hybridized carbons (Fsp3) is 0.200. The minimum Gasteiger partial charge on any atom is -0.528 e. The summed E-state index contributed by atoms with van der Waals surface area (Å²) in [4.78, 5) is 21.3. The molecule has 0 atom stereocenters. The SMILES string of the molecule is CC(=O)N[N-]C(=O)OCc1ccccc1.[Li+]. The Labute approximate surface area is 106 Å². The summed E-state index contributed by atoms with van der Waals surface area (Å²) in [5.41, 5.74) is 6.04. The molecule has 1 aromatic rings. The van der Waals surface area contributed by atoms with Crippen LogP contribution in [0, 0.1) is 0 Å². The maximum absolute atomic E-state index is 10.9. The van der Waals surface area contributed by atoms with Gasteiger partial charge >= 0.3 is 18.9 Å². The fourth-order valence-electron chi connectivity index (χ4n) is 0.876. The molecule has 16 heavy (non-hydrogen) atoms. The van der Waals surface area contributed by atoms with Crippen molar-refractivity contribution in [2.45, 2.75) is 13.5 Å². The first kappa shape index (κ1) is 14.6. The van der Waals surface area contributed by atoms with Crippen molar-refractivity contribution in [1.82, 2.24) is 5.43 Å². The van der Waals surface area contributed by atoms with Crippen LogP contribution >= 0.6 is 0 Å². The number of amides is 2. The molecular formula is C10H11LiN2O3. The molecule has 1 N–H and O–H groups in total. The van der Waals surface area contributed by atoms with E-state index in [0.29, 0.717) is 0 Å². The van der Waals surface area contributed by atoms with Crippen molar-refractivity contribution in [3.63, 3.8) is 0 Å². The van der Waals surface area contributed by atoms with Crippen molar-refractivity contribution in [1.29, 1.82) is 0 Å². The van der Waals surface area contributed by atoms with Crippen LogP contribution in [0.2, 0.25) is 0 Å². The predicted octanol–water partition coefficient (Wildman–Crippen LogP) is -1.25. The Morgan fingerprint density at radius 1 is 1.31 bits per heavy atom. The molecule has 80 valence electrons. The zero-order chi connectivity index (χ0) is 11.1. The number of benzene rings is 1. The summed E-state index contributed by atoms with van der Waals surface area (Å²) in [6, 6.07) is 9.20. The fourth-order valence-corrected chi connectivity index (χ4v) is 0.876. The normalized spacial score (nSPS) is 8.56. The van der Waals surface area contributed by atoms with Crippen molar-refractivity contribution in [3.05, 3.63) is 41.3 Å². The van der Waals surface area contributed by atoms with Crippen molar-refractivity contribution in [2.24, 2.45) is 0 Å². The number of ether oxygens (including phenoxy) is 1. The van der Waals surface area contributed by atoms with Crippen molar-refractivity contribution < 1.29 is 33.2 Å². The van der Waals surface area contributed by atoms with Crippen LogP contribution in [0.1, 0.15) is 12.5 Å². The van der Waals surface area contributed by atoms with Crippen LogP contribution in [-0.4, -0.2) is 12.0 Å². The minimum atomic E-state index is -0.811. The third-order valence-corrected chi connectivity index (χ3v) is 1.51. The van der Waals surface area contributed by atoms with Crippen LogP contribution in [0.25, 0.3) is 5.43 Å². The molecule has 5 nitrogen and oxygen atoms in total. The van der Waals surface area contributed by atoms with Gasteiger partial charge in [0, 0.05) is 6.92 Å². The largest absolute Gasteiger partial charge is 1.00 e. The van der Waals surface area contributed by atoms with Crippen LogP contribution in [0.3, 0.4) is 0 Å². The molecule has 1 rings (SSSR count). The second kappa shape index (κ2) is 7.80. The zero-order valence-electron chi connectivity index (χ0n) is 9.27. The Balaban J connectivity index is 0.00000225. The molecule has 0 aromatic heterocycles. The monoisotopic (exact) mass is 214 g/mol. The molecule has 0 saturated heterocycles. The molecule has 0 spiro atoms. The van der Waals surface area contributed by atoms with Crippen LogP contribution in [0.5, 0.6) is 0 Å². The molecule has 0 heterocycles. The first-order valence-corrected chi connectivity index (χ1v) is 4.36. The topological polar surface area (TPSA) is 69.5 Å². The summed E-state index contributed by atoms with van der Waals surface area (Å²) in [6.45, 7) is 1.40. The minimum absolute atomic E-state index is 0. The summed E-state index contributed by atoms with van der Waals surface area (Å²) in [6.07, 6.45) is -0.811. The summed E-state index contributed by atoms with van der Waals surface area (Å²) < 4.78 is 4.76. The summed E-state index contributed by atoms with van der Waals surface area (Å²) in [5, 5.41) is 0. The van der Waals surface area contributed by atoms with E-state index >= 15 is 0 Å². The van der Waals surface area contributed by atoms with E-state index in [0.717, 1.165) is 5.56 Å². The molecule has 6 heteroatoms. The maximum atomic E-state index is 10.9. The standard InChI is InChI=1S/C10H12N2O3.Li/c1-8(13)11-12-10(14)15-7-9-5-3-2-4-6-9;/h2-6H,7H2,1H3,(H2,11,12,13,14);/q;+1/p-1. The van der Waals surface area contributed by atoms with Crippen molar-refractivity contribution >= 4 is 12.0 Å². The molecule has 0 saturated carbocycles. The van der Waals surface area contributed by atoms with Crippen LogP contribution in [0.4, 0.5) is 4.79 Å². The Morgan fingerprint density at radius 3 is 2.50 bits per heavy atom. The molecule has 0 unspecified atom stereocenters. The van der Waals surface area contributed by atoms with Crippen LogP contribution in [-0.2, 0) is 16.1 Å². The van der Waals surface area contributed by atoms with Crippen LogP contribution in [0.15, 0.2) is 30.3 Å².